The van der Waals surface area contributed by atoms with Crippen LogP contribution in [0, 0.1) is 6.92 Å². The molecule has 0 aromatic carbocycles. The molecule has 0 atom stereocenters. The lowest BCUT2D eigenvalue weighted by molar-refractivity contribution is 0.737. The van der Waals surface area contributed by atoms with Gasteiger partial charge in [0.15, 0.2) is 0 Å². The van der Waals surface area contributed by atoms with Crippen molar-refractivity contribution < 1.29 is 0 Å². The highest BCUT2D eigenvalue weighted by Crippen LogP contribution is 2.20. The SMILES string of the molecule is Cc1cscc1NC1=NCCCC1. The predicted molar refractivity (Wildman–Crippen MR) is 58.8 cm³/mol. The van der Waals surface area contributed by atoms with Gasteiger partial charge in [-0.3, -0.25) is 4.99 Å². The third kappa shape index (κ3) is 2.10. The first-order chi connectivity index (χ1) is 6.36. The Morgan fingerprint density at radius 2 is 2.31 bits per heavy atom. The van der Waals surface area contributed by atoms with E-state index in [-0.39, 0.29) is 0 Å². The fraction of sp³-hybridized carbons (Fsp3) is 0.500. The van der Waals surface area contributed by atoms with Crippen molar-refractivity contribution in [2.75, 3.05) is 11.9 Å². The summed E-state index contributed by atoms with van der Waals surface area (Å²) in [6.07, 6.45) is 3.62. The Kier molecular flexibility index (Phi) is 2.64. The molecular weight excluding hydrogens is 180 g/mol. The summed E-state index contributed by atoms with van der Waals surface area (Å²) in [4.78, 5) is 4.46. The van der Waals surface area contributed by atoms with E-state index in [0.29, 0.717) is 0 Å². The molecule has 13 heavy (non-hydrogen) atoms. The van der Waals surface area contributed by atoms with Crippen LogP contribution in [0.5, 0.6) is 0 Å². The van der Waals surface area contributed by atoms with Crippen molar-refractivity contribution in [3.8, 4) is 0 Å². The highest BCUT2D eigenvalue weighted by molar-refractivity contribution is 7.08. The maximum absolute atomic E-state index is 4.46. The van der Waals surface area contributed by atoms with Crippen LogP contribution in [-0.2, 0) is 0 Å². The number of thiophene rings is 1. The first kappa shape index (κ1) is 8.75. The van der Waals surface area contributed by atoms with Gasteiger partial charge in [-0.2, -0.15) is 0 Å². The molecule has 0 radical (unpaired) electrons. The second-order valence-corrected chi connectivity index (χ2v) is 4.12. The largest absolute Gasteiger partial charge is 0.343 e. The standard InChI is InChI=1S/C10H14N2S/c1-8-6-13-7-9(8)12-10-4-2-3-5-11-10/h6-7H,2-5H2,1H3,(H,11,12). The third-order valence-electron chi connectivity index (χ3n) is 2.26. The summed E-state index contributed by atoms with van der Waals surface area (Å²) in [5, 5.41) is 7.69. The van der Waals surface area contributed by atoms with Crippen LogP contribution in [0.15, 0.2) is 15.8 Å². The summed E-state index contributed by atoms with van der Waals surface area (Å²) in [5.41, 5.74) is 2.55. The van der Waals surface area contributed by atoms with E-state index in [0.717, 1.165) is 18.8 Å². The molecule has 1 aromatic heterocycles. The molecule has 0 aliphatic carbocycles. The molecule has 0 bridgehead atoms. The van der Waals surface area contributed by atoms with E-state index >= 15 is 0 Å². The summed E-state index contributed by atoms with van der Waals surface area (Å²) in [6.45, 7) is 3.12. The summed E-state index contributed by atoms with van der Waals surface area (Å²) in [7, 11) is 0. The Bertz CT molecular complexity index is 314. The molecule has 1 N–H and O–H groups in total. The van der Waals surface area contributed by atoms with Crippen LogP contribution in [-0.4, -0.2) is 12.4 Å². The van der Waals surface area contributed by atoms with Gasteiger partial charge in [0.25, 0.3) is 0 Å². The zero-order valence-corrected chi connectivity index (χ0v) is 8.66. The van der Waals surface area contributed by atoms with Gasteiger partial charge in [-0.05, 0) is 30.7 Å². The van der Waals surface area contributed by atoms with Gasteiger partial charge in [0, 0.05) is 18.3 Å². The first-order valence-corrected chi connectivity index (χ1v) is 5.63. The number of aliphatic imine (C=N–C) groups is 1. The minimum Gasteiger partial charge on any atom is -0.343 e. The summed E-state index contributed by atoms with van der Waals surface area (Å²) >= 11 is 1.74. The van der Waals surface area contributed by atoms with Crippen molar-refractivity contribution in [3.05, 3.63) is 16.3 Å². The van der Waals surface area contributed by atoms with E-state index in [4.69, 9.17) is 0 Å². The van der Waals surface area contributed by atoms with Crippen LogP contribution in [0.3, 0.4) is 0 Å². The minimum atomic E-state index is 0.992. The number of hydrogen-bond acceptors (Lipinski definition) is 3. The monoisotopic (exact) mass is 194 g/mol. The molecule has 0 spiro atoms. The van der Waals surface area contributed by atoms with Crippen molar-refractivity contribution in [2.45, 2.75) is 26.2 Å². The molecule has 1 aliphatic rings. The number of nitrogens with zero attached hydrogens (tertiary/aromatic N) is 1. The lowest BCUT2D eigenvalue weighted by atomic mass is 10.2. The van der Waals surface area contributed by atoms with Crippen LogP contribution in [0.25, 0.3) is 0 Å². The van der Waals surface area contributed by atoms with Gasteiger partial charge >= 0.3 is 0 Å². The first-order valence-electron chi connectivity index (χ1n) is 4.69. The van der Waals surface area contributed by atoms with Crippen LogP contribution >= 0.6 is 11.3 Å². The lowest BCUT2D eigenvalue weighted by Gasteiger charge is -2.13. The van der Waals surface area contributed by atoms with Crippen LogP contribution in [0.1, 0.15) is 24.8 Å². The Hall–Kier alpha value is -0.830. The normalized spacial score (nSPS) is 16.8. The Labute approximate surface area is 82.7 Å². The zero-order valence-electron chi connectivity index (χ0n) is 7.84. The number of aryl methyl sites for hydroxylation is 1. The molecule has 70 valence electrons. The van der Waals surface area contributed by atoms with Gasteiger partial charge in [0.2, 0.25) is 0 Å². The van der Waals surface area contributed by atoms with E-state index in [1.807, 2.05) is 0 Å². The van der Waals surface area contributed by atoms with E-state index in [2.05, 4.69) is 28.0 Å². The molecule has 0 amide bonds. The Balaban J connectivity index is 2.05. The molecule has 3 heteroatoms. The molecule has 0 fully saturated rings. The molecule has 0 saturated heterocycles. The van der Waals surface area contributed by atoms with E-state index in [1.54, 1.807) is 11.3 Å². The summed E-state index contributed by atoms with van der Waals surface area (Å²) in [6, 6.07) is 0. The van der Waals surface area contributed by atoms with Gasteiger partial charge in [-0.15, -0.1) is 11.3 Å². The molecule has 2 nitrogen and oxygen atoms in total. The van der Waals surface area contributed by atoms with Crippen molar-refractivity contribution in [1.29, 1.82) is 0 Å². The number of nitrogens with one attached hydrogen (secondary N) is 1. The van der Waals surface area contributed by atoms with E-state index in [9.17, 15) is 0 Å². The average Bonchev–Trinajstić information content (AvgIpc) is 2.54. The van der Waals surface area contributed by atoms with E-state index < -0.39 is 0 Å². The molecular formula is C10H14N2S. The van der Waals surface area contributed by atoms with Crippen molar-refractivity contribution in [2.24, 2.45) is 4.99 Å². The number of anilines is 1. The molecule has 1 aromatic rings. The maximum Gasteiger partial charge on any atom is 0.101 e. The Morgan fingerprint density at radius 3 is 2.92 bits per heavy atom. The van der Waals surface area contributed by atoms with Crippen molar-refractivity contribution in [3.63, 3.8) is 0 Å². The second-order valence-electron chi connectivity index (χ2n) is 3.38. The third-order valence-corrected chi connectivity index (χ3v) is 3.12. The molecule has 0 unspecified atom stereocenters. The summed E-state index contributed by atoms with van der Waals surface area (Å²) in [5.74, 6) is 1.16. The quantitative estimate of drug-likeness (QED) is 0.730. The Morgan fingerprint density at radius 1 is 1.38 bits per heavy atom. The van der Waals surface area contributed by atoms with Gasteiger partial charge in [-0.25, -0.2) is 0 Å². The maximum atomic E-state index is 4.46. The van der Waals surface area contributed by atoms with Gasteiger partial charge in [-0.1, -0.05) is 0 Å². The van der Waals surface area contributed by atoms with Crippen molar-refractivity contribution in [1.82, 2.24) is 0 Å². The van der Waals surface area contributed by atoms with Gasteiger partial charge in [0.05, 0.1) is 5.69 Å². The van der Waals surface area contributed by atoms with Crippen LogP contribution in [0.2, 0.25) is 0 Å². The van der Waals surface area contributed by atoms with Crippen LogP contribution in [0.4, 0.5) is 5.69 Å². The molecule has 1 aliphatic heterocycles. The smallest absolute Gasteiger partial charge is 0.101 e. The number of amidine groups is 1. The zero-order chi connectivity index (χ0) is 9.10. The second kappa shape index (κ2) is 3.92. The molecule has 2 heterocycles. The highest BCUT2D eigenvalue weighted by Gasteiger charge is 2.06. The van der Waals surface area contributed by atoms with Crippen molar-refractivity contribution >= 4 is 22.9 Å². The topological polar surface area (TPSA) is 24.4 Å². The number of hydrogen-bond donors (Lipinski definition) is 1. The van der Waals surface area contributed by atoms with Gasteiger partial charge < -0.3 is 5.32 Å². The lowest BCUT2D eigenvalue weighted by Crippen LogP contribution is -2.16. The summed E-state index contributed by atoms with van der Waals surface area (Å²) < 4.78 is 0. The number of rotatable bonds is 1. The fourth-order valence-electron chi connectivity index (χ4n) is 1.44. The van der Waals surface area contributed by atoms with Gasteiger partial charge in [0.1, 0.15) is 5.84 Å². The van der Waals surface area contributed by atoms with Crippen LogP contribution < -0.4 is 5.32 Å². The average molecular weight is 194 g/mol. The minimum absolute atomic E-state index is 0.992. The highest BCUT2D eigenvalue weighted by atomic mass is 32.1. The predicted octanol–water partition coefficient (Wildman–Crippen LogP) is 3.05. The molecule has 2 rings (SSSR count). The fourth-order valence-corrected chi connectivity index (χ4v) is 2.22. The molecule has 0 saturated carbocycles. The van der Waals surface area contributed by atoms with E-state index in [1.165, 1.54) is 24.1 Å².